The molecule has 1 unspecified atom stereocenters. The topological polar surface area (TPSA) is 60.2 Å². The Labute approximate surface area is 129 Å². The number of rotatable bonds is 8. The van der Waals surface area contributed by atoms with Crippen molar-refractivity contribution in [3.63, 3.8) is 0 Å². The summed E-state index contributed by atoms with van der Waals surface area (Å²) in [5.74, 6) is 1.63. The zero-order valence-electron chi connectivity index (χ0n) is 12.0. The molecule has 1 saturated carbocycles. The number of hydrogen-bond donors (Lipinski definition) is 2. The summed E-state index contributed by atoms with van der Waals surface area (Å²) in [6.45, 7) is 2.27. The van der Waals surface area contributed by atoms with E-state index in [0.29, 0.717) is 12.6 Å². The third-order valence-electron chi connectivity index (χ3n) is 3.73. The fourth-order valence-electron chi connectivity index (χ4n) is 2.24. The molecule has 0 amide bonds. The van der Waals surface area contributed by atoms with Crippen molar-refractivity contribution in [1.29, 1.82) is 0 Å². The molecule has 21 heavy (non-hydrogen) atoms. The van der Waals surface area contributed by atoms with E-state index >= 15 is 0 Å². The van der Waals surface area contributed by atoms with Gasteiger partial charge >= 0.3 is 0 Å². The van der Waals surface area contributed by atoms with Crippen LogP contribution < -0.4 is 15.8 Å². The summed E-state index contributed by atoms with van der Waals surface area (Å²) in [5, 5.41) is 5.42. The smallest absolute Gasteiger partial charge is 0.131 e. The van der Waals surface area contributed by atoms with E-state index < -0.39 is 0 Å². The lowest BCUT2D eigenvalue weighted by molar-refractivity contribution is 0.302. The summed E-state index contributed by atoms with van der Waals surface area (Å²) in [4.78, 5) is 4.20. The second-order valence-corrected chi connectivity index (χ2v) is 6.26. The summed E-state index contributed by atoms with van der Waals surface area (Å²) < 4.78 is 5.69. The van der Waals surface area contributed by atoms with Gasteiger partial charge in [-0.2, -0.15) is 0 Å². The first kappa shape index (κ1) is 14.5. The van der Waals surface area contributed by atoms with Gasteiger partial charge < -0.3 is 15.8 Å². The zero-order chi connectivity index (χ0) is 14.5. The summed E-state index contributed by atoms with van der Waals surface area (Å²) in [6.07, 6.45) is 2.60. The fraction of sp³-hybridized carbons (Fsp3) is 0.438. The first-order chi connectivity index (χ1) is 10.3. The van der Waals surface area contributed by atoms with Gasteiger partial charge in [0.25, 0.3) is 0 Å². The number of aromatic nitrogens is 1. The maximum atomic E-state index is 6.07. The van der Waals surface area contributed by atoms with Crippen molar-refractivity contribution in [3.8, 4) is 5.75 Å². The normalized spacial score (nSPS) is 15.9. The van der Waals surface area contributed by atoms with Crippen LogP contribution >= 0.6 is 11.3 Å². The Morgan fingerprint density at radius 2 is 2.14 bits per heavy atom. The highest BCUT2D eigenvalue weighted by Crippen LogP contribution is 2.31. The summed E-state index contributed by atoms with van der Waals surface area (Å²) >= 11 is 1.59. The lowest BCUT2D eigenvalue weighted by Gasteiger charge is -2.12. The molecule has 0 aliphatic heterocycles. The molecule has 3 N–H and O–H groups in total. The van der Waals surface area contributed by atoms with Crippen molar-refractivity contribution in [1.82, 2.24) is 10.3 Å². The van der Waals surface area contributed by atoms with Crippen molar-refractivity contribution in [3.05, 3.63) is 46.4 Å². The van der Waals surface area contributed by atoms with Crippen LogP contribution in [0.5, 0.6) is 5.75 Å². The molecule has 1 atom stereocenters. The van der Waals surface area contributed by atoms with E-state index in [9.17, 15) is 0 Å². The molecule has 4 nitrogen and oxygen atoms in total. The highest BCUT2D eigenvalue weighted by Gasteiger charge is 2.27. The minimum atomic E-state index is 0.311. The lowest BCUT2D eigenvalue weighted by atomic mass is 10.2. The Bertz CT molecular complexity index is 537. The van der Waals surface area contributed by atoms with E-state index in [4.69, 9.17) is 10.5 Å². The minimum absolute atomic E-state index is 0.311. The van der Waals surface area contributed by atoms with Crippen molar-refractivity contribution in [2.24, 2.45) is 11.7 Å². The minimum Gasteiger partial charge on any atom is -0.487 e. The molecule has 2 aromatic rings. The van der Waals surface area contributed by atoms with E-state index in [2.05, 4.69) is 22.4 Å². The van der Waals surface area contributed by atoms with Crippen LogP contribution in [-0.4, -0.2) is 17.6 Å². The SMILES string of the molecule is NC(CNCc1ccc(OCc2cscn2)cc1)C1CC1. The molecule has 1 aliphatic rings. The van der Waals surface area contributed by atoms with E-state index in [1.807, 2.05) is 23.0 Å². The largest absolute Gasteiger partial charge is 0.487 e. The Morgan fingerprint density at radius 3 is 2.81 bits per heavy atom. The predicted molar refractivity (Wildman–Crippen MR) is 85.3 cm³/mol. The Balaban J connectivity index is 1.40. The van der Waals surface area contributed by atoms with Crippen LogP contribution in [0.25, 0.3) is 0 Å². The van der Waals surface area contributed by atoms with Crippen LogP contribution in [0, 0.1) is 5.92 Å². The molecular formula is C16H21N3OS. The molecule has 0 radical (unpaired) electrons. The maximum Gasteiger partial charge on any atom is 0.131 e. The summed E-state index contributed by atoms with van der Waals surface area (Å²) in [6, 6.07) is 8.50. The first-order valence-corrected chi connectivity index (χ1v) is 8.30. The van der Waals surface area contributed by atoms with Gasteiger partial charge in [-0.1, -0.05) is 12.1 Å². The standard InChI is InChI=1S/C16H21N3OS/c17-16(13-3-4-13)8-18-7-12-1-5-15(6-2-12)20-9-14-10-21-11-19-14/h1-2,5-6,10-11,13,16,18H,3-4,7-9,17H2. The van der Waals surface area contributed by atoms with Gasteiger partial charge in [0.2, 0.25) is 0 Å². The molecule has 3 rings (SSSR count). The number of thiazole rings is 1. The maximum absolute atomic E-state index is 6.07. The highest BCUT2D eigenvalue weighted by atomic mass is 32.1. The average Bonchev–Trinajstić information content (AvgIpc) is 3.23. The summed E-state index contributed by atoms with van der Waals surface area (Å²) in [7, 11) is 0. The Hall–Kier alpha value is -1.43. The number of nitrogens with two attached hydrogens (primary N) is 1. The van der Waals surface area contributed by atoms with Crippen LogP contribution in [0.2, 0.25) is 0 Å². The van der Waals surface area contributed by atoms with Crippen LogP contribution in [0.4, 0.5) is 0 Å². The van der Waals surface area contributed by atoms with Gasteiger partial charge in [0, 0.05) is 24.5 Å². The number of ether oxygens (including phenoxy) is 1. The summed E-state index contributed by atoms with van der Waals surface area (Å²) in [5.41, 5.74) is 10.1. The van der Waals surface area contributed by atoms with Gasteiger partial charge in [0.15, 0.2) is 0 Å². The van der Waals surface area contributed by atoms with Crippen LogP contribution in [0.15, 0.2) is 35.2 Å². The first-order valence-electron chi connectivity index (χ1n) is 7.36. The van der Waals surface area contributed by atoms with Gasteiger partial charge in [0.05, 0.1) is 11.2 Å². The van der Waals surface area contributed by atoms with Crippen molar-refractivity contribution < 1.29 is 4.74 Å². The predicted octanol–water partition coefficient (Wildman–Crippen LogP) is 2.55. The van der Waals surface area contributed by atoms with Crippen molar-refractivity contribution >= 4 is 11.3 Å². The second-order valence-electron chi connectivity index (χ2n) is 5.54. The molecule has 1 aliphatic carbocycles. The second kappa shape index (κ2) is 7.02. The molecule has 1 aromatic carbocycles. The zero-order valence-corrected chi connectivity index (χ0v) is 12.8. The van der Waals surface area contributed by atoms with E-state index in [0.717, 1.165) is 30.5 Å². The van der Waals surface area contributed by atoms with Crippen LogP contribution in [-0.2, 0) is 13.2 Å². The van der Waals surface area contributed by atoms with Crippen LogP contribution in [0.1, 0.15) is 24.1 Å². The Morgan fingerprint density at radius 1 is 1.33 bits per heavy atom. The number of nitrogens with zero attached hydrogens (tertiary/aromatic N) is 1. The van der Waals surface area contributed by atoms with Crippen LogP contribution in [0.3, 0.4) is 0 Å². The molecule has 5 heteroatoms. The highest BCUT2D eigenvalue weighted by molar-refractivity contribution is 7.07. The molecule has 112 valence electrons. The molecule has 0 bridgehead atoms. The third kappa shape index (κ3) is 4.52. The lowest BCUT2D eigenvalue weighted by Crippen LogP contribution is -2.35. The number of nitrogens with one attached hydrogen (secondary N) is 1. The molecule has 0 saturated heterocycles. The van der Waals surface area contributed by atoms with E-state index in [1.54, 1.807) is 11.3 Å². The molecule has 1 heterocycles. The van der Waals surface area contributed by atoms with E-state index in [1.165, 1.54) is 18.4 Å². The Kier molecular flexibility index (Phi) is 4.85. The van der Waals surface area contributed by atoms with Crippen molar-refractivity contribution in [2.45, 2.75) is 32.0 Å². The van der Waals surface area contributed by atoms with Gasteiger partial charge in [-0.3, -0.25) is 0 Å². The van der Waals surface area contributed by atoms with Gasteiger partial charge in [0.1, 0.15) is 12.4 Å². The van der Waals surface area contributed by atoms with E-state index in [-0.39, 0.29) is 0 Å². The molecule has 1 fully saturated rings. The molecule has 0 spiro atoms. The monoisotopic (exact) mass is 303 g/mol. The third-order valence-corrected chi connectivity index (χ3v) is 4.37. The molecule has 1 aromatic heterocycles. The molecular weight excluding hydrogens is 282 g/mol. The van der Waals surface area contributed by atoms with Crippen molar-refractivity contribution in [2.75, 3.05) is 6.54 Å². The number of benzene rings is 1. The van der Waals surface area contributed by atoms with Gasteiger partial charge in [-0.25, -0.2) is 4.98 Å². The quantitative estimate of drug-likeness (QED) is 0.787. The number of hydrogen-bond acceptors (Lipinski definition) is 5. The fourth-order valence-corrected chi connectivity index (χ4v) is 2.79. The van der Waals surface area contributed by atoms with Gasteiger partial charge in [-0.15, -0.1) is 11.3 Å². The average molecular weight is 303 g/mol. The van der Waals surface area contributed by atoms with Gasteiger partial charge in [-0.05, 0) is 36.5 Å².